The molecule has 0 N–H and O–H groups in total. The molecule has 2 amide bonds. The number of piperazine rings is 1. The molecule has 5 heteroatoms. The molecule has 0 saturated carbocycles. The third-order valence-electron chi connectivity index (χ3n) is 5.96. The van der Waals surface area contributed by atoms with E-state index in [0.717, 1.165) is 37.0 Å². The highest BCUT2D eigenvalue weighted by atomic mass is 16.5. The molecule has 2 aliphatic rings. The SMILES string of the molecule is CCC(CC)C(=O)N1CCN(C(=O)C2CCc3cccc(OC)c32)CC1. The Labute approximate surface area is 156 Å². The van der Waals surface area contributed by atoms with E-state index in [0.29, 0.717) is 26.2 Å². The van der Waals surface area contributed by atoms with Crippen LogP contribution < -0.4 is 4.74 Å². The zero-order valence-electron chi connectivity index (χ0n) is 16.2. The van der Waals surface area contributed by atoms with Gasteiger partial charge in [-0.1, -0.05) is 26.0 Å². The van der Waals surface area contributed by atoms with E-state index < -0.39 is 0 Å². The summed E-state index contributed by atoms with van der Waals surface area (Å²) in [5.41, 5.74) is 2.29. The average Bonchev–Trinajstić information content (AvgIpc) is 3.12. The molecule has 1 aliphatic carbocycles. The fourth-order valence-electron chi connectivity index (χ4n) is 4.34. The lowest BCUT2D eigenvalue weighted by molar-refractivity contribution is -0.143. The van der Waals surface area contributed by atoms with Crippen molar-refractivity contribution in [2.24, 2.45) is 5.92 Å². The second-order valence-electron chi connectivity index (χ2n) is 7.29. The van der Waals surface area contributed by atoms with Gasteiger partial charge in [-0.25, -0.2) is 0 Å². The molecule has 0 bridgehead atoms. The Morgan fingerprint density at radius 3 is 2.38 bits per heavy atom. The number of methoxy groups -OCH3 is 1. The lowest BCUT2D eigenvalue weighted by atomic mass is 9.98. The van der Waals surface area contributed by atoms with Gasteiger partial charge in [0.1, 0.15) is 5.75 Å². The van der Waals surface area contributed by atoms with Gasteiger partial charge in [0.25, 0.3) is 0 Å². The third kappa shape index (κ3) is 3.44. The zero-order chi connectivity index (χ0) is 18.7. The van der Waals surface area contributed by atoms with Crippen molar-refractivity contribution < 1.29 is 14.3 Å². The number of fused-ring (bicyclic) bond motifs is 1. The first-order valence-corrected chi connectivity index (χ1v) is 9.84. The average molecular weight is 358 g/mol. The number of ether oxygens (including phenoxy) is 1. The summed E-state index contributed by atoms with van der Waals surface area (Å²) in [7, 11) is 1.66. The predicted molar refractivity (Wildman–Crippen MR) is 101 cm³/mol. The van der Waals surface area contributed by atoms with Gasteiger partial charge in [0, 0.05) is 37.7 Å². The maximum Gasteiger partial charge on any atom is 0.230 e. The summed E-state index contributed by atoms with van der Waals surface area (Å²) in [6.45, 7) is 6.68. The molecule has 1 heterocycles. The Morgan fingerprint density at radius 1 is 1.12 bits per heavy atom. The maximum absolute atomic E-state index is 13.1. The largest absolute Gasteiger partial charge is 0.496 e. The maximum atomic E-state index is 13.1. The van der Waals surface area contributed by atoms with Crippen molar-refractivity contribution in [1.82, 2.24) is 9.80 Å². The lowest BCUT2D eigenvalue weighted by Crippen LogP contribution is -2.52. The van der Waals surface area contributed by atoms with Crippen molar-refractivity contribution in [2.75, 3.05) is 33.3 Å². The molecule has 0 radical (unpaired) electrons. The normalized spacial score (nSPS) is 19.6. The number of rotatable bonds is 5. The summed E-state index contributed by atoms with van der Waals surface area (Å²) in [5, 5.41) is 0. The summed E-state index contributed by atoms with van der Waals surface area (Å²) < 4.78 is 5.50. The summed E-state index contributed by atoms with van der Waals surface area (Å²) in [6, 6.07) is 6.03. The van der Waals surface area contributed by atoms with Crippen molar-refractivity contribution in [1.29, 1.82) is 0 Å². The van der Waals surface area contributed by atoms with Crippen LogP contribution in [-0.2, 0) is 16.0 Å². The monoisotopic (exact) mass is 358 g/mol. The second kappa shape index (κ2) is 8.11. The van der Waals surface area contributed by atoms with Gasteiger partial charge in [-0.3, -0.25) is 9.59 Å². The van der Waals surface area contributed by atoms with Crippen LogP contribution >= 0.6 is 0 Å². The summed E-state index contributed by atoms with van der Waals surface area (Å²) in [6.07, 6.45) is 3.54. The molecule has 1 fully saturated rings. The molecule has 1 atom stereocenters. The Kier molecular flexibility index (Phi) is 5.84. The minimum atomic E-state index is -0.109. The standard InChI is InChI=1S/C21H30N2O3/c1-4-15(5-2)20(24)22-11-13-23(14-12-22)21(25)17-10-9-16-7-6-8-18(26-3)19(16)17/h6-8,15,17H,4-5,9-14H2,1-3H3. The predicted octanol–water partition coefficient (Wildman–Crippen LogP) is 2.83. The van der Waals surface area contributed by atoms with Gasteiger partial charge in [0.2, 0.25) is 11.8 Å². The Balaban J connectivity index is 1.65. The Bertz CT molecular complexity index is 661. The van der Waals surface area contributed by atoms with E-state index in [1.54, 1.807) is 7.11 Å². The van der Waals surface area contributed by atoms with E-state index in [2.05, 4.69) is 19.9 Å². The Morgan fingerprint density at radius 2 is 1.77 bits per heavy atom. The molecule has 0 spiro atoms. The van der Waals surface area contributed by atoms with E-state index in [1.165, 1.54) is 5.56 Å². The van der Waals surface area contributed by atoms with Crippen LogP contribution in [0.3, 0.4) is 0 Å². The fraction of sp³-hybridized carbons (Fsp3) is 0.619. The van der Waals surface area contributed by atoms with Crippen LogP contribution in [0, 0.1) is 5.92 Å². The van der Waals surface area contributed by atoms with Crippen LogP contribution in [0.15, 0.2) is 18.2 Å². The van der Waals surface area contributed by atoms with Gasteiger partial charge in [-0.15, -0.1) is 0 Å². The summed E-state index contributed by atoms with van der Waals surface area (Å²) in [5.74, 6) is 1.25. The number of aryl methyl sites for hydroxylation is 1. The smallest absolute Gasteiger partial charge is 0.230 e. The number of benzene rings is 1. The van der Waals surface area contributed by atoms with Crippen molar-refractivity contribution in [2.45, 2.75) is 45.4 Å². The first-order chi connectivity index (χ1) is 12.6. The number of amides is 2. The highest BCUT2D eigenvalue weighted by molar-refractivity contribution is 5.86. The van der Waals surface area contributed by atoms with E-state index in [9.17, 15) is 9.59 Å². The number of hydrogen-bond acceptors (Lipinski definition) is 3. The van der Waals surface area contributed by atoms with Gasteiger partial charge < -0.3 is 14.5 Å². The van der Waals surface area contributed by atoms with Crippen LogP contribution in [0.1, 0.15) is 50.2 Å². The van der Waals surface area contributed by atoms with Gasteiger partial charge in [-0.2, -0.15) is 0 Å². The number of nitrogens with zero attached hydrogens (tertiary/aromatic N) is 2. The molecule has 0 aromatic heterocycles. The van der Waals surface area contributed by atoms with Gasteiger partial charge in [-0.05, 0) is 37.3 Å². The first-order valence-electron chi connectivity index (χ1n) is 9.84. The van der Waals surface area contributed by atoms with E-state index in [-0.39, 0.29) is 23.7 Å². The van der Waals surface area contributed by atoms with Crippen molar-refractivity contribution >= 4 is 11.8 Å². The fourth-order valence-corrected chi connectivity index (χ4v) is 4.34. The van der Waals surface area contributed by atoms with Gasteiger partial charge in [0.15, 0.2) is 0 Å². The minimum Gasteiger partial charge on any atom is -0.496 e. The van der Waals surface area contributed by atoms with Crippen molar-refractivity contribution in [3.05, 3.63) is 29.3 Å². The summed E-state index contributed by atoms with van der Waals surface area (Å²) >= 11 is 0. The van der Waals surface area contributed by atoms with E-state index >= 15 is 0 Å². The van der Waals surface area contributed by atoms with Gasteiger partial charge >= 0.3 is 0 Å². The summed E-state index contributed by atoms with van der Waals surface area (Å²) in [4.78, 5) is 29.5. The van der Waals surface area contributed by atoms with Crippen LogP contribution in [-0.4, -0.2) is 54.9 Å². The van der Waals surface area contributed by atoms with Gasteiger partial charge in [0.05, 0.1) is 13.0 Å². The van der Waals surface area contributed by atoms with E-state index in [1.807, 2.05) is 21.9 Å². The third-order valence-corrected chi connectivity index (χ3v) is 5.96. The molecular weight excluding hydrogens is 328 g/mol. The molecular formula is C21H30N2O3. The molecule has 142 valence electrons. The number of hydrogen-bond donors (Lipinski definition) is 0. The van der Waals surface area contributed by atoms with Crippen LogP contribution in [0.2, 0.25) is 0 Å². The highest BCUT2D eigenvalue weighted by Gasteiger charge is 2.36. The molecule has 5 nitrogen and oxygen atoms in total. The zero-order valence-corrected chi connectivity index (χ0v) is 16.2. The second-order valence-corrected chi connectivity index (χ2v) is 7.29. The van der Waals surface area contributed by atoms with E-state index in [4.69, 9.17) is 4.74 Å². The highest BCUT2D eigenvalue weighted by Crippen LogP contribution is 2.40. The molecule has 1 aliphatic heterocycles. The quantitative estimate of drug-likeness (QED) is 0.813. The molecule has 1 saturated heterocycles. The van der Waals surface area contributed by atoms with Crippen molar-refractivity contribution in [3.8, 4) is 5.75 Å². The molecule has 26 heavy (non-hydrogen) atoms. The Hall–Kier alpha value is -2.04. The topological polar surface area (TPSA) is 49.9 Å². The lowest BCUT2D eigenvalue weighted by Gasteiger charge is -2.37. The van der Waals surface area contributed by atoms with Crippen LogP contribution in [0.4, 0.5) is 0 Å². The first kappa shape index (κ1) is 18.7. The molecule has 1 unspecified atom stereocenters. The van der Waals surface area contributed by atoms with Crippen molar-refractivity contribution in [3.63, 3.8) is 0 Å². The van der Waals surface area contributed by atoms with Crippen LogP contribution in [0.5, 0.6) is 5.75 Å². The van der Waals surface area contributed by atoms with Crippen LogP contribution in [0.25, 0.3) is 0 Å². The molecule has 3 rings (SSSR count). The number of carbonyl (C=O) groups excluding carboxylic acids is 2. The number of carbonyl (C=O) groups is 2. The minimum absolute atomic E-state index is 0.109. The molecule has 1 aromatic carbocycles. The molecule has 1 aromatic rings.